The molecule has 0 atom stereocenters. The molecule has 0 amide bonds. The molecular weight excluding hydrogens is 152 g/mol. The fraction of sp³-hybridized carbons (Fsp3) is 0.600. The maximum atomic E-state index is 5.39. The minimum atomic E-state index is -0.967. The Balaban J connectivity index is 2.55. The Labute approximate surface area is 73.6 Å². The van der Waals surface area contributed by atoms with Crippen LogP contribution < -0.4 is 0 Å². The van der Waals surface area contributed by atoms with Crippen LogP contribution in [-0.2, 0) is 9.47 Å². The quantitative estimate of drug-likeness (QED) is 0.458. The van der Waals surface area contributed by atoms with Crippen LogP contribution in [0.3, 0.4) is 0 Å². The lowest BCUT2D eigenvalue weighted by Crippen LogP contribution is -2.41. The first-order chi connectivity index (χ1) is 5.76. The van der Waals surface area contributed by atoms with Crippen molar-refractivity contribution in [2.75, 3.05) is 13.2 Å². The molecule has 66 valence electrons. The van der Waals surface area contributed by atoms with Crippen molar-refractivity contribution >= 4 is 0 Å². The van der Waals surface area contributed by atoms with Crippen molar-refractivity contribution in [2.24, 2.45) is 5.92 Å². The Hall–Kier alpha value is -0.780. The molecule has 0 aliphatic carbocycles. The molecule has 0 unspecified atom stereocenters. The van der Waals surface area contributed by atoms with Crippen LogP contribution in [0.15, 0.2) is 12.7 Å². The lowest BCUT2D eigenvalue weighted by atomic mass is 10.1. The molecular formula is C10H14O2. The largest absolute Gasteiger partial charge is 0.336 e. The average Bonchev–Trinajstić information content (AvgIpc) is 2.18. The van der Waals surface area contributed by atoms with E-state index in [2.05, 4.69) is 19.4 Å². The fourth-order valence-electron chi connectivity index (χ4n) is 1.07. The molecule has 1 aliphatic rings. The van der Waals surface area contributed by atoms with Crippen LogP contribution in [0.5, 0.6) is 0 Å². The van der Waals surface area contributed by atoms with Crippen LogP contribution in [0.25, 0.3) is 0 Å². The van der Waals surface area contributed by atoms with Gasteiger partial charge in [0.05, 0.1) is 13.2 Å². The third-order valence-corrected chi connectivity index (χ3v) is 2.11. The molecule has 0 aromatic rings. The number of terminal acetylenes is 1. The maximum absolute atomic E-state index is 5.39. The predicted molar refractivity (Wildman–Crippen MR) is 47.4 cm³/mol. The molecule has 2 heteroatoms. The highest BCUT2D eigenvalue weighted by atomic mass is 16.7. The van der Waals surface area contributed by atoms with Gasteiger partial charge in [-0.2, -0.15) is 0 Å². The topological polar surface area (TPSA) is 18.5 Å². The van der Waals surface area contributed by atoms with Crippen LogP contribution in [-0.4, -0.2) is 19.0 Å². The van der Waals surface area contributed by atoms with Gasteiger partial charge in [0.2, 0.25) is 0 Å². The van der Waals surface area contributed by atoms with Crippen molar-refractivity contribution in [1.82, 2.24) is 0 Å². The van der Waals surface area contributed by atoms with Crippen molar-refractivity contribution in [1.29, 1.82) is 0 Å². The van der Waals surface area contributed by atoms with Gasteiger partial charge in [0, 0.05) is 5.92 Å². The predicted octanol–water partition coefficient (Wildman–Crippen LogP) is 1.57. The van der Waals surface area contributed by atoms with Crippen molar-refractivity contribution in [2.45, 2.75) is 19.1 Å². The van der Waals surface area contributed by atoms with E-state index in [1.54, 1.807) is 0 Å². The monoisotopic (exact) mass is 166 g/mol. The number of ether oxygens (including phenoxy) is 2. The van der Waals surface area contributed by atoms with E-state index in [0.717, 1.165) is 6.42 Å². The van der Waals surface area contributed by atoms with Gasteiger partial charge in [-0.05, 0) is 18.4 Å². The highest BCUT2D eigenvalue weighted by Gasteiger charge is 2.32. The van der Waals surface area contributed by atoms with Gasteiger partial charge in [0.1, 0.15) is 0 Å². The summed E-state index contributed by atoms with van der Waals surface area (Å²) in [7, 11) is 0. The second-order valence-corrected chi connectivity index (χ2v) is 2.91. The van der Waals surface area contributed by atoms with E-state index in [4.69, 9.17) is 15.9 Å². The summed E-state index contributed by atoms with van der Waals surface area (Å²) in [5.74, 6) is 1.95. The van der Waals surface area contributed by atoms with E-state index in [9.17, 15) is 0 Å². The van der Waals surface area contributed by atoms with Gasteiger partial charge in [-0.1, -0.05) is 13.5 Å². The van der Waals surface area contributed by atoms with Crippen molar-refractivity contribution in [3.8, 4) is 12.3 Å². The second kappa shape index (κ2) is 3.75. The summed E-state index contributed by atoms with van der Waals surface area (Å²) < 4.78 is 10.8. The third kappa shape index (κ3) is 1.69. The van der Waals surface area contributed by atoms with Crippen LogP contribution in [0.1, 0.15) is 13.3 Å². The number of hydrogen-bond donors (Lipinski definition) is 0. The maximum Gasteiger partial charge on any atom is 0.253 e. The van der Waals surface area contributed by atoms with Crippen LogP contribution >= 0.6 is 0 Å². The molecule has 1 saturated heterocycles. The first kappa shape index (κ1) is 9.31. The molecule has 2 nitrogen and oxygen atoms in total. The normalized spacial score (nSPS) is 35.5. The Bertz CT molecular complexity index is 194. The van der Waals surface area contributed by atoms with Gasteiger partial charge in [-0.15, -0.1) is 6.42 Å². The van der Waals surface area contributed by atoms with E-state index in [0.29, 0.717) is 19.1 Å². The van der Waals surface area contributed by atoms with E-state index in [1.807, 2.05) is 0 Å². The first-order valence-electron chi connectivity index (χ1n) is 4.15. The van der Waals surface area contributed by atoms with Gasteiger partial charge < -0.3 is 9.47 Å². The lowest BCUT2D eigenvalue weighted by molar-refractivity contribution is -0.220. The number of hydrogen-bond acceptors (Lipinski definition) is 2. The molecule has 1 rings (SSSR count). The smallest absolute Gasteiger partial charge is 0.253 e. The highest BCUT2D eigenvalue weighted by Crippen LogP contribution is 2.23. The van der Waals surface area contributed by atoms with Crippen LogP contribution in [0.4, 0.5) is 0 Å². The van der Waals surface area contributed by atoms with Gasteiger partial charge >= 0.3 is 0 Å². The van der Waals surface area contributed by atoms with Crippen LogP contribution in [0.2, 0.25) is 0 Å². The Morgan fingerprint density at radius 1 is 1.67 bits per heavy atom. The van der Waals surface area contributed by atoms with Gasteiger partial charge in [-0.25, -0.2) is 0 Å². The third-order valence-electron chi connectivity index (χ3n) is 2.11. The van der Waals surface area contributed by atoms with Crippen LogP contribution in [0, 0.1) is 18.3 Å². The Kier molecular flexibility index (Phi) is 2.91. The molecule has 1 aliphatic heterocycles. The lowest BCUT2D eigenvalue weighted by Gasteiger charge is -2.33. The summed E-state index contributed by atoms with van der Waals surface area (Å²) in [6.07, 6.45) is 7.84. The fourth-order valence-corrected chi connectivity index (χ4v) is 1.07. The minimum absolute atomic E-state index is 0.464. The summed E-state index contributed by atoms with van der Waals surface area (Å²) in [5.41, 5.74) is 0. The van der Waals surface area contributed by atoms with Gasteiger partial charge in [-0.3, -0.25) is 0 Å². The summed E-state index contributed by atoms with van der Waals surface area (Å²) in [6.45, 7) is 7.01. The molecule has 0 radical (unpaired) electrons. The zero-order valence-corrected chi connectivity index (χ0v) is 7.38. The molecule has 1 fully saturated rings. The zero-order valence-electron chi connectivity index (χ0n) is 7.38. The average molecular weight is 166 g/mol. The van der Waals surface area contributed by atoms with E-state index < -0.39 is 5.79 Å². The Morgan fingerprint density at radius 3 is 2.58 bits per heavy atom. The van der Waals surface area contributed by atoms with Crippen molar-refractivity contribution in [3.05, 3.63) is 12.7 Å². The highest BCUT2D eigenvalue weighted by molar-refractivity contribution is 5.13. The molecule has 12 heavy (non-hydrogen) atoms. The molecule has 0 spiro atoms. The summed E-state index contributed by atoms with van der Waals surface area (Å²) in [5, 5.41) is 0. The van der Waals surface area contributed by atoms with Crippen molar-refractivity contribution < 1.29 is 9.47 Å². The molecule has 0 aromatic heterocycles. The summed E-state index contributed by atoms with van der Waals surface area (Å²) in [4.78, 5) is 0. The van der Waals surface area contributed by atoms with Crippen molar-refractivity contribution in [3.63, 3.8) is 0 Å². The second-order valence-electron chi connectivity index (χ2n) is 2.91. The van der Waals surface area contributed by atoms with E-state index in [1.165, 1.54) is 6.08 Å². The summed E-state index contributed by atoms with van der Waals surface area (Å²) >= 11 is 0. The number of rotatable bonds is 2. The molecule has 0 bridgehead atoms. The van der Waals surface area contributed by atoms with E-state index in [-0.39, 0.29) is 0 Å². The first-order valence-corrected chi connectivity index (χ1v) is 4.15. The molecule has 0 aromatic carbocycles. The zero-order chi connectivity index (χ0) is 9.03. The molecule has 1 heterocycles. The van der Waals surface area contributed by atoms with E-state index >= 15 is 0 Å². The SMILES string of the molecule is C#CC1(C=C)OCC(CC)CO1. The minimum Gasteiger partial charge on any atom is -0.336 e. The van der Waals surface area contributed by atoms with Gasteiger partial charge in [0.25, 0.3) is 5.79 Å². The van der Waals surface area contributed by atoms with Gasteiger partial charge in [0.15, 0.2) is 0 Å². The Morgan fingerprint density at radius 2 is 2.25 bits per heavy atom. The summed E-state index contributed by atoms with van der Waals surface area (Å²) in [6, 6.07) is 0. The standard InChI is InChI=1S/C10H14O2/c1-4-9-7-11-10(5-2,6-3)12-8-9/h2,6,9H,3-4,7-8H2,1H3. The molecule has 0 saturated carbocycles. The molecule has 0 N–H and O–H groups in total.